The third-order valence-electron chi connectivity index (χ3n) is 5.58. The van der Waals surface area contributed by atoms with Crippen LogP contribution in [0.4, 0.5) is 17.6 Å². The Bertz CT molecular complexity index is 773. The van der Waals surface area contributed by atoms with E-state index in [0.29, 0.717) is 31.5 Å². The zero-order valence-electron chi connectivity index (χ0n) is 16.0. The number of benzene rings is 2. The van der Waals surface area contributed by atoms with Crippen molar-refractivity contribution in [1.29, 1.82) is 0 Å². The lowest BCUT2D eigenvalue weighted by atomic mass is 9.72. The van der Waals surface area contributed by atoms with E-state index in [1.165, 1.54) is 18.2 Å². The second kappa shape index (κ2) is 9.92. The molecule has 2 N–H and O–H groups in total. The van der Waals surface area contributed by atoms with Crippen LogP contribution in [0, 0.1) is 5.82 Å². The van der Waals surface area contributed by atoms with Gasteiger partial charge in [0.1, 0.15) is 5.82 Å². The van der Waals surface area contributed by atoms with E-state index in [4.69, 9.17) is 0 Å². The number of hydrogen-bond acceptors (Lipinski definition) is 2. The molecule has 7 heteroatoms. The summed E-state index contributed by atoms with van der Waals surface area (Å²) in [4.78, 5) is 0. The molecule has 0 radical (unpaired) electrons. The van der Waals surface area contributed by atoms with Crippen molar-refractivity contribution in [2.75, 3.05) is 6.54 Å². The Labute approximate surface area is 174 Å². The molecule has 2 nitrogen and oxygen atoms in total. The van der Waals surface area contributed by atoms with E-state index >= 15 is 0 Å². The quantitative estimate of drug-likeness (QED) is 0.563. The van der Waals surface area contributed by atoms with Crippen molar-refractivity contribution in [2.45, 2.75) is 56.3 Å². The second-order valence-corrected chi connectivity index (χ2v) is 7.60. The van der Waals surface area contributed by atoms with Gasteiger partial charge < -0.3 is 10.4 Å². The van der Waals surface area contributed by atoms with Gasteiger partial charge in [-0.2, -0.15) is 13.2 Å². The van der Waals surface area contributed by atoms with Crippen LogP contribution in [0.3, 0.4) is 0 Å². The van der Waals surface area contributed by atoms with Gasteiger partial charge in [0.2, 0.25) is 0 Å². The van der Waals surface area contributed by atoms with Gasteiger partial charge >= 0.3 is 6.18 Å². The molecule has 2 aromatic rings. The highest BCUT2D eigenvalue weighted by Crippen LogP contribution is 2.41. The van der Waals surface area contributed by atoms with E-state index in [1.807, 2.05) is 0 Å². The Hall–Kier alpha value is -1.63. The molecule has 0 heterocycles. The number of nitrogens with one attached hydrogen (secondary N) is 1. The highest BCUT2D eigenvalue weighted by atomic mass is 35.5. The van der Waals surface area contributed by atoms with Crippen molar-refractivity contribution >= 4 is 12.4 Å². The third kappa shape index (κ3) is 6.17. The average molecular weight is 432 g/mol. The molecule has 1 aliphatic carbocycles. The molecule has 0 aromatic heterocycles. The lowest BCUT2D eigenvalue weighted by Crippen LogP contribution is -2.43. The maximum atomic E-state index is 13.2. The summed E-state index contributed by atoms with van der Waals surface area (Å²) in [5, 5.41) is 14.5. The fourth-order valence-electron chi connectivity index (χ4n) is 4.03. The monoisotopic (exact) mass is 431 g/mol. The van der Waals surface area contributed by atoms with E-state index in [9.17, 15) is 22.7 Å². The fraction of sp³-hybridized carbons (Fsp3) is 0.455. The molecular formula is C22H26ClF4NO. The molecule has 0 aliphatic heterocycles. The van der Waals surface area contributed by atoms with Gasteiger partial charge in [0, 0.05) is 19.0 Å². The average Bonchev–Trinajstić information content (AvgIpc) is 2.66. The number of alkyl halides is 3. The van der Waals surface area contributed by atoms with Gasteiger partial charge in [-0.15, -0.1) is 12.4 Å². The number of halogens is 5. The zero-order chi connectivity index (χ0) is 20.2. The van der Waals surface area contributed by atoms with Gasteiger partial charge in [-0.3, -0.25) is 0 Å². The Morgan fingerprint density at radius 1 is 1.00 bits per heavy atom. The van der Waals surface area contributed by atoms with Crippen LogP contribution in [0.15, 0.2) is 48.5 Å². The molecule has 2 aromatic carbocycles. The zero-order valence-corrected chi connectivity index (χ0v) is 16.8. The Balaban J connectivity index is 0.00000300. The molecule has 1 saturated carbocycles. The molecule has 0 saturated heterocycles. The summed E-state index contributed by atoms with van der Waals surface area (Å²) in [5.74, 6) is -0.766. The van der Waals surface area contributed by atoms with E-state index in [0.717, 1.165) is 37.0 Å². The molecule has 1 atom stereocenters. The van der Waals surface area contributed by atoms with Gasteiger partial charge in [-0.05, 0) is 42.2 Å². The number of hydrogen-bond donors (Lipinski definition) is 2. The van der Waals surface area contributed by atoms with Gasteiger partial charge in [0.15, 0.2) is 0 Å². The van der Waals surface area contributed by atoms with Crippen LogP contribution in [0.2, 0.25) is 0 Å². The minimum Gasteiger partial charge on any atom is -0.389 e. The summed E-state index contributed by atoms with van der Waals surface area (Å²) in [7, 11) is 0. The smallest absolute Gasteiger partial charge is 0.389 e. The van der Waals surface area contributed by atoms with Gasteiger partial charge in [-0.25, -0.2) is 4.39 Å². The lowest BCUT2D eigenvalue weighted by Gasteiger charge is -2.40. The summed E-state index contributed by atoms with van der Waals surface area (Å²) in [6.45, 7) is 0.793. The van der Waals surface area contributed by atoms with Crippen molar-refractivity contribution in [3.63, 3.8) is 0 Å². The first-order valence-corrected chi connectivity index (χ1v) is 9.63. The molecular weight excluding hydrogens is 406 g/mol. The van der Waals surface area contributed by atoms with E-state index < -0.39 is 23.3 Å². The molecule has 1 unspecified atom stereocenters. The lowest BCUT2D eigenvalue weighted by molar-refractivity contribution is -0.137. The minimum atomic E-state index is -4.42. The molecule has 3 rings (SSSR count). The molecule has 1 aliphatic rings. The van der Waals surface area contributed by atoms with Crippen LogP contribution in [-0.2, 0) is 12.7 Å². The maximum Gasteiger partial charge on any atom is 0.416 e. The van der Waals surface area contributed by atoms with Crippen LogP contribution in [0.1, 0.15) is 54.7 Å². The van der Waals surface area contributed by atoms with Crippen LogP contribution >= 0.6 is 12.4 Å². The third-order valence-corrected chi connectivity index (χ3v) is 5.58. The minimum absolute atomic E-state index is 0. The van der Waals surface area contributed by atoms with Gasteiger partial charge in [-0.1, -0.05) is 49.6 Å². The van der Waals surface area contributed by atoms with Crippen molar-refractivity contribution in [3.8, 4) is 0 Å². The molecule has 160 valence electrons. The van der Waals surface area contributed by atoms with Crippen molar-refractivity contribution in [1.82, 2.24) is 5.32 Å². The Morgan fingerprint density at radius 3 is 2.28 bits per heavy atom. The van der Waals surface area contributed by atoms with Crippen LogP contribution < -0.4 is 5.32 Å². The molecule has 1 fully saturated rings. The Morgan fingerprint density at radius 2 is 1.66 bits per heavy atom. The first-order valence-electron chi connectivity index (χ1n) is 9.63. The van der Waals surface area contributed by atoms with Gasteiger partial charge in [0.05, 0.1) is 11.2 Å². The molecule has 0 spiro atoms. The van der Waals surface area contributed by atoms with E-state index in [2.05, 4.69) is 5.32 Å². The highest BCUT2D eigenvalue weighted by molar-refractivity contribution is 5.85. The van der Waals surface area contributed by atoms with Gasteiger partial charge in [0.25, 0.3) is 0 Å². The SMILES string of the molecule is Cl.OC1(C(CNCc2ccc(F)cc2)c2cccc(C(F)(F)F)c2)CCCCC1. The number of rotatable bonds is 6. The maximum absolute atomic E-state index is 13.2. The summed E-state index contributed by atoms with van der Waals surface area (Å²) in [6, 6.07) is 11.3. The summed E-state index contributed by atoms with van der Waals surface area (Å²) in [5.41, 5.74) is -0.364. The van der Waals surface area contributed by atoms with E-state index in [-0.39, 0.29) is 18.2 Å². The summed E-state index contributed by atoms with van der Waals surface area (Å²) < 4.78 is 52.5. The highest BCUT2D eigenvalue weighted by Gasteiger charge is 2.39. The Kier molecular flexibility index (Phi) is 8.09. The van der Waals surface area contributed by atoms with Crippen LogP contribution in [0.5, 0.6) is 0 Å². The van der Waals surface area contributed by atoms with Crippen molar-refractivity contribution in [2.24, 2.45) is 0 Å². The van der Waals surface area contributed by atoms with E-state index in [1.54, 1.807) is 18.2 Å². The topological polar surface area (TPSA) is 32.3 Å². The molecule has 0 amide bonds. The first kappa shape index (κ1) is 23.6. The fourth-order valence-corrected chi connectivity index (χ4v) is 4.03. The largest absolute Gasteiger partial charge is 0.416 e. The normalized spacial score (nSPS) is 17.4. The summed E-state index contributed by atoms with van der Waals surface area (Å²) >= 11 is 0. The van der Waals surface area contributed by atoms with Crippen LogP contribution in [0.25, 0.3) is 0 Å². The van der Waals surface area contributed by atoms with Crippen LogP contribution in [-0.4, -0.2) is 17.3 Å². The first-order chi connectivity index (χ1) is 13.3. The molecule has 0 bridgehead atoms. The number of aliphatic hydroxyl groups is 1. The predicted molar refractivity (Wildman–Crippen MR) is 108 cm³/mol. The van der Waals surface area contributed by atoms with Crippen molar-refractivity contribution in [3.05, 3.63) is 71.0 Å². The molecule has 29 heavy (non-hydrogen) atoms. The second-order valence-electron chi connectivity index (χ2n) is 7.60. The standard InChI is InChI=1S/C22H25F4NO.ClH/c23-19-9-7-16(8-10-19)14-27-15-20(21(28)11-2-1-3-12-21)17-5-4-6-18(13-17)22(24,25)26;/h4-10,13,20,27-28H,1-3,11-12,14-15H2;1H. The predicted octanol–water partition coefficient (Wildman–Crippen LogP) is 5.83. The summed E-state index contributed by atoms with van der Waals surface area (Å²) in [6.07, 6.45) is -0.510. The van der Waals surface area contributed by atoms with Crippen molar-refractivity contribution < 1.29 is 22.7 Å².